The van der Waals surface area contributed by atoms with E-state index < -0.39 is 0 Å². The molecule has 1 aromatic heterocycles. The predicted molar refractivity (Wildman–Crippen MR) is 224 cm³/mol. The van der Waals surface area contributed by atoms with Crippen LogP contribution in [-0.4, -0.2) is 0 Å². The fraction of sp³-hybridized carbons (Fsp3) is 0. The Bertz CT molecular complexity index is 2890. The number of benzene rings is 9. The number of para-hydroxylation sites is 1. The molecule has 1 nitrogen and oxygen atoms in total. The van der Waals surface area contributed by atoms with Gasteiger partial charge in [-0.1, -0.05) is 170 Å². The van der Waals surface area contributed by atoms with E-state index in [4.69, 9.17) is 4.42 Å². The fourth-order valence-electron chi connectivity index (χ4n) is 7.69. The topological polar surface area (TPSA) is 13.1 Å². The lowest BCUT2D eigenvalue weighted by Crippen LogP contribution is -1.88. The Morgan fingerprint density at radius 2 is 0.660 bits per heavy atom. The first-order valence-electron chi connectivity index (χ1n) is 18.2. The molecule has 0 radical (unpaired) electrons. The molecule has 0 aliphatic carbocycles. The van der Waals surface area contributed by atoms with Crippen molar-refractivity contribution in [2.75, 3.05) is 0 Å². The van der Waals surface area contributed by atoms with Crippen molar-refractivity contribution in [1.29, 1.82) is 0 Å². The summed E-state index contributed by atoms with van der Waals surface area (Å²) in [6, 6.07) is 74.4. The maximum Gasteiger partial charge on any atom is 0.135 e. The minimum Gasteiger partial charge on any atom is -0.456 e. The molecule has 0 saturated carbocycles. The van der Waals surface area contributed by atoms with Gasteiger partial charge in [0, 0.05) is 10.8 Å². The molecule has 0 atom stereocenters. The molecule has 53 heavy (non-hydrogen) atoms. The summed E-state index contributed by atoms with van der Waals surface area (Å²) in [5.41, 5.74) is 16.2. The molecular formula is C52H34O. The van der Waals surface area contributed by atoms with E-state index in [9.17, 15) is 0 Å². The molecule has 0 bridgehead atoms. The highest BCUT2D eigenvalue weighted by Gasteiger charge is 2.12. The Labute approximate surface area is 309 Å². The number of hydrogen-bond acceptors (Lipinski definition) is 1. The Morgan fingerprint density at radius 3 is 1.30 bits per heavy atom. The van der Waals surface area contributed by atoms with Gasteiger partial charge >= 0.3 is 0 Å². The smallest absolute Gasteiger partial charge is 0.135 e. The van der Waals surface area contributed by atoms with E-state index in [2.05, 4.69) is 194 Å². The van der Waals surface area contributed by atoms with Gasteiger partial charge in [-0.3, -0.25) is 0 Å². The third-order valence-corrected chi connectivity index (χ3v) is 10.5. The van der Waals surface area contributed by atoms with Crippen molar-refractivity contribution >= 4 is 32.7 Å². The molecule has 0 fully saturated rings. The van der Waals surface area contributed by atoms with Crippen LogP contribution in [0.5, 0.6) is 0 Å². The minimum atomic E-state index is 0.915. The molecule has 0 aliphatic heterocycles. The second kappa shape index (κ2) is 13.0. The number of hydrogen-bond donors (Lipinski definition) is 0. The van der Waals surface area contributed by atoms with Gasteiger partial charge in [0.15, 0.2) is 0 Å². The zero-order valence-corrected chi connectivity index (χ0v) is 29.0. The lowest BCUT2D eigenvalue weighted by Gasteiger charge is -2.13. The van der Waals surface area contributed by atoms with Gasteiger partial charge in [0.05, 0.1) is 0 Å². The average Bonchev–Trinajstić information content (AvgIpc) is 3.62. The van der Waals surface area contributed by atoms with Crippen molar-refractivity contribution in [3.63, 3.8) is 0 Å². The Balaban J connectivity index is 1.04. The summed E-state index contributed by atoms with van der Waals surface area (Å²) in [6.45, 7) is 0. The van der Waals surface area contributed by atoms with E-state index in [0.717, 1.165) is 21.9 Å². The second-order valence-corrected chi connectivity index (χ2v) is 13.7. The van der Waals surface area contributed by atoms with Crippen molar-refractivity contribution < 1.29 is 4.42 Å². The van der Waals surface area contributed by atoms with E-state index >= 15 is 0 Å². The highest BCUT2D eigenvalue weighted by molar-refractivity contribution is 6.06. The molecule has 1 heteroatoms. The summed E-state index contributed by atoms with van der Waals surface area (Å²) in [4.78, 5) is 0. The van der Waals surface area contributed by atoms with Crippen LogP contribution in [0.15, 0.2) is 211 Å². The molecular weight excluding hydrogens is 641 g/mol. The van der Waals surface area contributed by atoms with E-state index in [1.807, 2.05) is 12.1 Å². The normalized spacial score (nSPS) is 11.4. The maximum atomic E-state index is 6.09. The molecule has 9 aromatic carbocycles. The largest absolute Gasteiger partial charge is 0.456 e. The number of rotatable bonds is 6. The first kappa shape index (κ1) is 30.8. The van der Waals surface area contributed by atoms with Gasteiger partial charge in [-0.2, -0.15) is 0 Å². The van der Waals surface area contributed by atoms with Gasteiger partial charge in [0.25, 0.3) is 0 Å². The number of furan rings is 1. The first-order chi connectivity index (χ1) is 26.2. The van der Waals surface area contributed by atoms with E-state index in [0.29, 0.717) is 0 Å². The van der Waals surface area contributed by atoms with Crippen molar-refractivity contribution in [3.8, 4) is 66.8 Å². The number of fused-ring (bicyclic) bond motifs is 4. The Morgan fingerprint density at radius 1 is 0.226 bits per heavy atom. The molecule has 1 heterocycles. The highest BCUT2D eigenvalue weighted by Crippen LogP contribution is 2.37. The van der Waals surface area contributed by atoms with Crippen LogP contribution in [0.4, 0.5) is 0 Å². The quantitative estimate of drug-likeness (QED) is 0.171. The van der Waals surface area contributed by atoms with Crippen molar-refractivity contribution in [2.45, 2.75) is 0 Å². The second-order valence-electron chi connectivity index (χ2n) is 13.7. The van der Waals surface area contributed by atoms with Crippen LogP contribution >= 0.6 is 0 Å². The summed E-state index contributed by atoms with van der Waals surface area (Å²) in [7, 11) is 0. The van der Waals surface area contributed by atoms with Crippen molar-refractivity contribution in [2.24, 2.45) is 0 Å². The van der Waals surface area contributed by atoms with Gasteiger partial charge in [-0.25, -0.2) is 0 Å². The molecule has 248 valence electrons. The average molecular weight is 675 g/mol. The lowest BCUT2D eigenvalue weighted by atomic mass is 9.91. The van der Waals surface area contributed by atoms with E-state index in [1.54, 1.807) is 0 Å². The Hall–Kier alpha value is -6.96. The minimum absolute atomic E-state index is 0.915. The van der Waals surface area contributed by atoms with Crippen LogP contribution in [0.3, 0.4) is 0 Å². The Kier molecular flexibility index (Phi) is 7.55. The van der Waals surface area contributed by atoms with Gasteiger partial charge in [0.2, 0.25) is 0 Å². The van der Waals surface area contributed by atoms with Crippen LogP contribution in [-0.2, 0) is 0 Å². The summed E-state index contributed by atoms with van der Waals surface area (Å²) < 4.78 is 6.09. The van der Waals surface area contributed by atoms with Crippen molar-refractivity contribution in [1.82, 2.24) is 0 Å². The molecule has 10 rings (SSSR count). The van der Waals surface area contributed by atoms with Crippen molar-refractivity contribution in [3.05, 3.63) is 206 Å². The van der Waals surface area contributed by atoms with Gasteiger partial charge < -0.3 is 4.42 Å². The standard InChI is InChI=1S/C52H34O/c1-2-9-35(10-3-1)36-17-21-38(22-18-36)44-31-45(33-46(32-44)40-25-27-42(28-26-40)48-15-8-12-41-11-4-5-13-47(41)48)39-23-19-37(20-24-39)43-29-30-52-50(34-43)49-14-6-7-16-51(49)53-52/h1-34H. The molecule has 10 aromatic rings. The predicted octanol–water partition coefficient (Wildman–Crippen LogP) is 14.7. The summed E-state index contributed by atoms with van der Waals surface area (Å²) >= 11 is 0. The molecule has 0 spiro atoms. The molecule has 0 N–H and O–H groups in total. The zero-order chi connectivity index (χ0) is 35.1. The third-order valence-electron chi connectivity index (χ3n) is 10.5. The van der Waals surface area contributed by atoms with Crippen LogP contribution in [0.1, 0.15) is 0 Å². The lowest BCUT2D eigenvalue weighted by molar-refractivity contribution is 0.669. The molecule has 0 unspecified atom stereocenters. The first-order valence-corrected chi connectivity index (χ1v) is 18.2. The van der Waals surface area contributed by atoms with Gasteiger partial charge in [0.1, 0.15) is 11.2 Å². The van der Waals surface area contributed by atoms with E-state index in [-0.39, 0.29) is 0 Å². The van der Waals surface area contributed by atoms with E-state index in [1.165, 1.54) is 77.5 Å². The van der Waals surface area contributed by atoms with Crippen LogP contribution in [0, 0.1) is 0 Å². The fourth-order valence-corrected chi connectivity index (χ4v) is 7.69. The maximum absolute atomic E-state index is 6.09. The monoisotopic (exact) mass is 674 g/mol. The SMILES string of the molecule is c1ccc(-c2ccc(-c3cc(-c4ccc(-c5ccc6oc7ccccc7c6c5)cc4)cc(-c4ccc(-c5cccc6ccccc56)cc4)c3)cc2)cc1. The van der Waals surface area contributed by atoms with Crippen LogP contribution < -0.4 is 0 Å². The summed E-state index contributed by atoms with van der Waals surface area (Å²) in [5.74, 6) is 0. The summed E-state index contributed by atoms with van der Waals surface area (Å²) in [5, 5.41) is 4.82. The van der Waals surface area contributed by atoms with Gasteiger partial charge in [-0.05, 0) is 114 Å². The summed E-state index contributed by atoms with van der Waals surface area (Å²) in [6.07, 6.45) is 0. The molecule has 0 aliphatic rings. The molecule has 0 saturated heterocycles. The highest BCUT2D eigenvalue weighted by atomic mass is 16.3. The van der Waals surface area contributed by atoms with Crippen LogP contribution in [0.2, 0.25) is 0 Å². The van der Waals surface area contributed by atoms with Gasteiger partial charge in [-0.15, -0.1) is 0 Å². The molecule has 0 amide bonds. The van der Waals surface area contributed by atoms with Crippen LogP contribution in [0.25, 0.3) is 99.5 Å². The zero-order valence-electron chi connectivity index (χ0n) is 29.0. The third kappa shape index (κ3) is 5.79.